The molecule has 1 aliphatic carbocycles. The van der Waals surface area contributed by atoms with Gasteiger partial charge < -0.3 is 10.7 Å². The van der Waals surface area contributed by atoms with Crippen LogP contribution in [-0.2, 0) is 0 Å². The molecule has 4 N–H and O–H groups in total. The highest BCUT2D eigenvalue weighted by molar-refractivity contribution is 7.80. The molecule has 52 valence electrons. The zero-order valence-electron chi connectivity index (χ0n) is 5.18. The first-order chi connectivity index (χ1) is 4.33. The van der Waals surface area contributed by atoms with Gasteiger partial charge in [0.2, 0.25) is 0 Å². The van der Waals surface area contributed by atoms with Gasteiger partial charge in [0.1, 0.15) is 0 Å². The summed E-state index contributed by atoms with van der Waals surface area (Å²) in [5, 5.41) is 3.62. The average Bonchev–Trinajstić information content (AvgIpc) is 1.78. The summed E-state index contributed by atoms with van der Waals surface area (Å²) in [5.41, 5.74) is 2.38. The Morgan fingerprint density at radius 2 is 2.22 bits per heavy atom. The molecular weight excluding hydrogens is 134 g/mol. The molecule has 1 aliphatic rings. The van der Waals surface area contributed by atoms with Gasteiger partial charge in [0.15, 0.2) is 5.11 Å². The molecule has 0 bridgehead atoms. The molecule has 1 saturated carbocycles. The summed E-state index contributed by atoms with van der Waals surface area (Å²) in [4.78, 5) is 0. The van der Waals surface area contributed by atoms with Gasteiger partial charge in [-0.05, 0) is 31.5 Å². The van der Waals surface area contributed by atoms with Crippen LogP contribution < -0.4 is 16.6 Å². The second kappa shape index (κ2) is 2.98. The maximum atomic E-state index is 5.05. The summed E-state index contributed by atoms with van der Waals surface area (Å²) in [6.07, 6.45) is 3.76. The zero-order chi connectivity index (χ0) is 6.69. The monoisotopic (exact) mass is 145 g/mol. The minimum atomic E-state index is 0.555. The number of hydrogen-bond donors (Lipinski definition) is 3. The third kappa shape index (κ3) is 1.80. The Labute approximate surface area is 60.0 Å². The molecule has 0 saturated heterocycles. The number of nitrogens with one attached hydrogen (secondary N) is 2. The van der Waals surface area contributed by atoms with E-state index in [4.69, 9.17) is 18.1 Å². The summed E-state index contributed by atoms with van der Waals surface area (Å²) in [5.74, 6) is 5.05. The summed E-state index contributed by atoms with van der Waals surface area (Å²) in [6, 6.07) is 0.577. The van der Waals surface area contributed by atoms with Crippen LogP contribution in [0.4, 0.5) is 0 Å². The molecule has 0 radical (unpaired) electrons. The fourth-order valence-electron chi connectivity index (χ4n) is 0.780. The average molecular weight is 145 g/mol. The Morgan fingerprint density at radius 3 is 2.56 bits per heavy atom. The summed E-state index contributed by atoms with van der Waals surface area (Å²) >= 11 is 4.78. The zero-order valence-corrected chi connectivity index (χ0v) is 6.00. The van der Waals surface area contributed by atoms with Gasteiger partial charge in [0.25, 0.3) is 0 Å². The van der Waals surface area contributed by atoms with Crippen LogP contribution in [0.15, 0.2) is 0 Å². The van der Waals surface area contributed by atoms with E-state index in [0.29, 0.717) is 11.2 Å². The second-order valence-corrected chi connectivity index (χ2v) is 2.65. The maximum absolute atomic E-state index is 5.05. The first kappa shape index (κ1) is 6.77. The van der Waals surface area contributed by atoms with Gasteiger partial charge in [-0.1, -0.05) is 0 Å². The van der Waals surface area contributed by atoms with Crippen LogP contribution in [0.3, 0.4) is 0 Å². The summed E-state index contributed by atoms with van der Waals surface area (Å²) in [7, 11) is 0. The van der Waals surface area contributed by atoms with Gasteiger partial charge in [-0.25, -0.2) is 5.84 Å². The molecule has 0 spiro atoms. The number of thiocarbonyl (C=S) groups is 1. The SMILES string of the molecule is NNC(=S)NC1CCC1. The molecule has 1 rings (SSSR count). The molecule has 0 atom stereocenters. The van der Waals surface area contributed by atoms with Crippen molar-refractivity contribution in [3.8, 4) is 0 Å². The summed E-state index contributed by atoms with van der Waals surface area (Å²) in [6.45, 7) is 0. The van der Waals surface area contributed by atoms with Crippen LogP contribution in [0.1, 0.15) is 19.3 Å². The van der Waals surface area contributed by atoms with Crippen LogP contribution in [-0.4, -0.2) is 11.2 Å². The van der Waals surface area contributed by atoms with E-state index in [2.05, 4.69) is 10.7 Å². The smallest absolute Gasteiger partial charge is 0.180 e. The van der Waals surface area contributed by atoms with Crippen molar-refractivity contribution < 1.29 is 0 Å². The highest BCUT2D eigenvalue weighted by Crippen LogP contribution is 2.17. The molecule has 0 unspecified atom stereocenters. The van der Waals surface area contributed by atoms with Gasteiger partial charge in [0.05, 0.1) is 0 Å². The van der Waals surface area contributed by atoms with E-state index in [1.165, 1.54) is 19.3 Å². The second-order valence-electron chi connectivity index (χ2n) is 2.25. The van der Waals surface area contributed by atoms with E-state index in [9.17, 15) is 0 Å². The normalized spacial score (nSPS) is 18.3. The molecule has 0 aliphatic heterocycles. The van der Waals surface area contributed by atoms with Crippen molar-refractivity contribution in [2.45, 2.75) is 25.3 Å². The quantitative estimate of drug-likeness (QED) is 0.273. The van der Waals surface area contributed by atoms with E-state index >= 15 is 0 Å². The van der Waals surface area contributed by atoms with Crippen LogP contribution in [0.25, 0.3) is 0 Å². The predicted molar refractivity (Wildman–Crippen MR) is 40.7 cm³/mol. The lowest BCUT2D eigenvalue weighted by molar-refractivity contribution is 0.382. The van der Waals surface area contributed by atoms with Crippen molar-refractivity contribution in [3.05, 3.63) is 0 Å². The van der Waals surface area contributed by atoms with Crippen molar-refractivity contribution in [1.29, 1.82) is 0 Å². The Balaban J connectivity index is 2.09. The van der Waals surface area contributed by atoms with Crippen molar-refractivity contribution in [1.82, 2.24) is 10.7 Å². The highest BCUT2D eigenvalue weighted by atomic mass is 32.1. The lowest BCUT2D eigenvalue weighted by atomic mass is 9.93. The highest BCUT2D eigenvalue weighted by Gasteiger charge is 2.16. The molecule has 9 heavy (non-hydrogen) atoms. The number of nitrogens with two attached hydrogens (primary N) is 1. The fraction of sp³-hybridized carbons (Fsp3) is 0.800. The fourth-order valence-corrected chi connectivity index (χ4v) is 0.946. The van der Waals surface area contributed by atoms with Gasteiger partial charge in [-0.3, -0.25) is 0 Å². The van der Waals surface area contributed by atoms with E-state index in [-0.39, 0.29) is 0 Å². The molecule has 0 heterocycles. The minimum Gasteiger partial charge on any atom is -0.359 e. The Morgan fingerprint density at radius 1 is 1.56 bits per heavy atom. The molecule has 0 amide bonds. The Bertz CT molecular complexity index is 111. The topological polar surface area (TPSA) is 50.1 Å². The lowest BCUT2D eigenvalue weighted by Crippen LogP contribution is -2.47. The first-order valence-corrected chi connectivity index (χ1v) is 3.51. The third-order valence-corrected chi connectivity index (χ3v) is 1.81. The molecule has 3 nitrogen and oxygen atoms in total. The first-order valence-electron chi connectivity index (χ1n) is 3.10. The van der Waals surface area contributed by atoms with Crippen LogP contribution in [0.2, 0.25) is 0 Å². The Kier molecular flexibility index (Phi) is 2.24. The third-order valence-electron chi connectivity index (χ3n) is 1.57. The van der Waals surface area contributed by atoms with E-state index in [1.807, 2.05) is 0 Å². The van der Waals surface area contributed by atoms with Gasteiger partial charge in [-0.2, -0.15) is 0 Å². The minimum absolute atomic E-state index is 0.555. The largest absolute Gasteiger partial charge is 0.359 e. The van der Waals surface area contributed by atoms with Crippen molar-refractivity contribution in [2.75, 3.05) is 0 Å². The van der Waals surface area contributed by atoms with E-state index < -0.39 is 0 Å². The van der Waals surface area contributed by atoms with Gasteiger partial charge >= 0.3 is 0 Å². The van der Waals surface area contributed by atoms with Crippen molar-refractivity contribution >= 4 is 17.3 Å². The predicted octanol–water partition coefficient (Wildman–Crippen LogP) is -0.123. The Hall–Kier alpha value is -0.350. The van der Waals surface area contributed by atoms with E-state index in [1.54, 1.807) is 0 Å². The number of hydrazine groups is 1. The van der Waals surface area contributed by atoms with Gasteiger partial charge in [-0.15, -0.1) is 0 Å². The number of rotatable bonds is 1. The molecule has 1 fully saturated rings. The molecule has 0 aromatic rings. The van der Waals surface area contributed by atoms with Gasteiger partial charge in [0, 0.05) is 6.04 Å². The molecular formula is C5H11N3S. The number of hydrogen-bond acceptors (Lipinski definition) is 2. The van der Waals surface area contributed by atoms with Crippen LogP contribution in [0, 0.1) is 0 Å². The van der Waals surface area contributed by atoms with E-state index in [0.717, 1.165) is 0 Å². The molecule has 0 aromatic heterocycles. The van der Waals surface area contributed by atoms with Crippen molar-refractivity contribution in [3.63, 3.8) is 0 Å². The lowest BCUT2D eigenvalue weighted by Gasteiger charge is -2.27. The maximum Gasteiger partial charge on any atom is 0.180 e. The van der Waals surface area contributed by atoms with Crippen LogP contribution >= 0.6 is 12.2 Å². The molecule has 4 heteroatoms. The van der Waals surface area contributed by atoms with Crippen molar-refractivity contribution in [2.24, 2.45) is 5.84 Å². The standard InChI is InChI=1S/C5H11N3S/c6-8-5(9)7-4-2-1-3-4/h4H,1-3,6H2,(H2,7,8,9). The summed E-state index contributed by atoms with van der Waals surface area (Å²) < 4.78 is 0. The molecule has 0 aromatic carbocycles. The van der Waals surface area contributed by atoms with Crippen LogP contribution in [0.5, 0.6) is 0 Å².